The van der Waals surface area contributed by atoms with Crippen LogP contribution in [0, 0.1) is 19.8 Å². The minimum absolute atomic E-state index is 0.0269. The summed E-state index contributed by atoms with van der Waals surface area (Å²) >= 11 is 0. The number of rotatable bonds is 3. The number of alkyl halides is 3. The molecule has 0 bridgehead atoms. The minimum atomic E-state index is -4.17. The Labute approximate surface area is 183 Å². The number of fused-ring (bicyclic) bond motifs is 1. The largest absolute Gasteiger partial charge is 0.391 e. The van der Waals surface area contributed by atoms with Gasteiger partial charge in [-0.1, -0.05) is 0 Å². The standard InChI is InChI=1S/C22H25F3N6O/c1-11-12(2)28-21-19(27-11)18(14-6-16(7-14)22(23,24)25)29-20(30-21)13-4-5-32-17(8-13)15-9-26-31(3)10-15/h9-10,13-14,16-17H,4-8H2,1-3H3/t13-,14?,16?,17+/m0/s1. The maximum absolute atomic E-state index is 13.1. The lowest BCUT2D eigenvalue weighted by atomic mass is 9.72. The highest BCUT2D eigenvalue weighted by Gasteiger charge is 2.49. The zero-order valence-corrected chi connectivity index (χ0v) is 18.2. The first kappa shape index (κ1) is 21.2. The van der Waals surface area contributed by atoms with Crippen molar-refractivity contribution in [1.82, 2.24) is 29.7 Å². The van der Waals surface area contributed by atoms with E-state index in [-0.39, 0.29) is 30.8 Å². The Hall–Kier alpha value is -2.62. The average molecular weight is 446 g/mol. The minimum Gasteiger partial charge on any atom is -0.373 e. The van der Waals surface area contributed by atoms with Gasteiger partial charge < -0.3 is 4.74 Å². The summed E-state index contributed by atoms with van der Waals surface area (Å²) in [7, 11) is 1.86. The van der Waals surface area contributed by atoms with E-state index in [0.29, 0.717) is 35.7 Å². The summed E-state index contributed by atoms with van der Waals surface area (Å²) in [6, 6.07) is 0. The van der Waals surface area contributed by atoms with E-state index in [0.717, 1.165) is 23.4 Å². The summed E-state index contributed by atoms with van der Waals surface area (Å²) in [5, 5.41) is 4.23. The molecule has 7 nitrogen and oxygen atoms in total. The second-order valence-electron chi connectivity index (χ2n) is 8.97. The van der Waals surface area contributed by atoms with Gasteiger partial charge in [0.25, 0.3) is 0 Å². The molecule has 0 unspecified atom stereocenters. The first-order valence-electron chi connectivity index (χ1n) is 10.9. The average Bonchev–Trinajstić information content (AvgIpc) is 3.13. The van der Waals surface area contributed by atoms with Crippen LogP contribution in [0.2, 0.25) is 0 Å². The van der Waals surface area contributed by atoms with Gasteiger partial charge in [-0.25, -0.2) is 19.9 Å². The number of halogens is 3. The van der Waals surface area contributed by atoms with Crippen molar-refractivity contribution in [1.29, 1.82) is 0 Å². The molecule has 1 saturated heterocycles. The van der Waals surface area contributed by atoms with E-state index in [9.17, 15) is 13.2 Å². The van der Waals surface area contributed by atoms with Crippen LogP contribution in [0.15, 0.2) is 12.4 Å². The topological polar surface area (TPSA) is 78.6 Å². The van der Waals surface area contributed by atoms with Crippen molar-refractivity contribution in [3.63, 3.8) is 0 Å². The molecule has 1 saturated carbocycles. The van der Waals surface area contributed by atoms with Crippen LogP contribution in [0.25, 0.3) is 11.2 Å². The third-order valence-corrected chi connectivity index (χ3v) is 6.72. The van der Waals surface area contributed by atoms with E-state index in [2.05, 4.69) is 15.1 Å². The van der Waals surface area contributed by atoms with Gasteiger partial charge in [0.2, 0.25) is 0 Å². The van der Waals surface area contributed by atoms with Crippen LogP contribution in [0.3, 0.4) is 0 Å². The molecule has 0 N–H and O–H groups in total. The van der Waals surface area contributed by atoms with Crippen LogP contribution in [0.1, 0.15) is 72.1 Å². The monoisotopic (exact) mass is 446 g/mol. The van der Waals surface area contributed by atoms with Gasteiger partial charge in [0, 0.05) is 37.3 Å². The molecule has 2 atom stereocenters. The van der Waals surface area contributed by atoms with Crippen LogP contribution in [-0.2, 0) is 11.8 Å². The highest BCUT2D eigenvalue weighted by Crippen LogP contribution is 2.50. The van der Waals surface area contributed by atoms with E-state index in [4.69, 9.17) is 14.7 Å². The fourth-order valence-electron chi connectivity index (χ4n) is 4.60. The lowest BCUT2D eigenvalue weighted by Crippen LogP contribution is -2.35. The van der Waals surface area contributed by atoms with E-state index in [1.165, 1.54) is 0 Å². The van der Waals surface area contributed by atoms with Crippen molar-refractivity contribution in [3.05, 3.63) is 40.9 Å². The van der Waals surface area contributed by atoms with Gasteiger partial charge in [0.15, 0.2) is 5.65 Å². The number of ether oxygens (including phenoxy) is 1. The molecule has 0 spiro atoms. The van der Waals surface area contributed by atoms with Gasteiger partial charge in [-0.2, -0.15) is 18.3 Å². The Bertz CT molecular complexity index is 1150. The third-order valence-electron chi connectivity index (χ3n) is 6.72. The van der Waals surface area contributed by atoms with Crippen molar-refractivity contribution in [2.75, 3.05) is 6.61 Å². The SMILES string of the molecule is Cc1nc2nc([C@H]3CCO[C@@H](c4cnn(C)c4)C3)nc(C3CC(C(F)(F)F)C3)c2nc1C. The molecule has 10 heteroatoms. The van der Waals surface area contributed by atoms with Gasteiger partial charge in [-0.15, -0.1) is 0 Å². The Morgan fingerprint density at radius 3 is 2.44 bits per heavy atom. The first-order valence-corrected chi connectivity index (χ1v) is 10.9. The molecule has 0 radical (unpaired) electrons. The predicted octanol–water partition coefficient (Wildman–Crippen LogP) is 4.46. The van der Waals surface area contributed by atoms with Crippen molar-refractivity contribution in [2.45, 2.75) is 63.6 Å². The molecule has 5 rings (SSSR count). The van der Waals surface area contributed by atoms with Crippen LogP contribution in [0.5, 0.6) is 0 Å². The Morgan fingerprint density at radius 2 is 1.75 bits per heavy atom. The van der Waals surface area contributed by atoms with Gasteiger partial charge in [-0.3, -0.25) is 4.68 Å². The zero-order valence-electron chi connectivity index (χ0n) is 18.2. The predicted molar refractivity (Wildman–Crippen MR) is 110 cm³/mol. The first-order chi connectivity index (χ1) is 15.2. The van der Waals surface area contributed by atoms with Crippen molar-refractivity contribution >= 4 is 11.2 Å². The fourth-order valence-corrected chi connectivity index (χ4v) is 4.60. The van der Waals surface area contributed by atoms with Crippen LogP contribution in [-0.4, -0.2) is 42.5 Å². The molecule has 0 aromatic carbocycles. The fraction of sp³-hybridized carbons (Fsp3) is 0.591. The lowest BCUT2D eigenvalue weighted by molar-refractivity contribution is -0.197. The third kappa shape index (κ3) is 3.85. The molecule has 3 aromatic rings. The van der Waals surface area contributed by atoms with E-state index in [1.807, 2.05) is 27.1 Å². The van der Waals surface area contributed by atoms with E-state index in [1.54, 1.807) is 10.9 Å². The zero-order chi connectivity index (χ0) is 22.6. The van der Waals surface area contributed by atoms with Gasteiger partial charge >= 0.3 is 6.18 Å². The molecule has 3 aromatic heterocycles. The Morgan fingerprint density at radius 1 is 1.00 bits per heavy atom. The Balaban J connectivity index is 1.50. The van der Waals surface area contributed by atoms with Gasteiger partial charge in [0.05, 0.1) is 35.3 Å². The molecule has 2 aliphatic rings. The van der Waals surface area contributed by atoms with Gasteiger partial charge in [-0.05, 0) is 39.5 Å². The van der Waals surface area contributed by atoms with E-state index < -0.39 is 12.1 Å². The van der Waals surface area contributed by atoms with Crippen LogP contribution < -0.4 is 0 Å². The van der Waals surface area contributed by atoms with Crippen molar-refractivity contribution in [3.8, 4) is 0 Å². The van der Waals surface area contributed by atoms with E-state index >= 15 is 0 Å². The highest BCUT2D eigenvalue weighted by molar-refractivity contribution is 5.73. The quantitative estimate of drug-likeness (QED) is 0.591. The maximum atomic E-state index is 13.1. The second-order valence-corrected chi connectivity index (χ2v) is 8.97. The summed E-state index contributed by atoms with van der Waals surface area (Å²) in [5.74, 6) is -0.911. The maximum Gasteiger partial charge on any atom is 0.391 e. The lowest BCUT2D eigenvalue weighted by Gasteiger charge is -2.36. The summed E-state index contributed by atoms with van der Waals surface area (Å²) < 4.78 is 47.0. The normalized spacial score (nSPS) is 26.3. The molecule has 1 aliphatic heterocycles. The smallest absolute Gasteiger partial charge is 0.373 e. The van der Waals surface area contributed by atoms with Crippen molar-refractivity contribution in [2.24, 2.45) is 13.0 Å². The second kappa shape index (κ2) is 7.75. The summed E-state index contributed by atoms with van der Waals surface area (Å²) in [6.07, 6.45) is 0.949. The molecule has 170 valence electrons. The number of hydrogen-bond acceptors (Lipinski definition) is 6. The van der Waals surface area contributed by atoms with Crippen LogP contribution in [0.4, 0.5) is 13.2 Å². The molecule has 4 heterocycles. The van der Waals surface area contributed by atoms with Gasteiger partial charge in [0.1, 0.15) is 11.3 Å². The summed E-state index contributed by atoms with van der Waals surface area (Å²) in [4.78, 5) is 18.7. The molecular formula is C22H25F3N6O. The molecule has 32 heavy (non-hydrogen) atoms. The summed E-state index contributed by atoms with van der Waals surface area (Å²) in [5.41, 5.74) is 4.09. The number of nitrogens with zero attached hydrogens (tertiary/aromatic N) is 6. The molecule has 2 fully saturated rings. The Kier molecular flexibility index (Phi) is 5.15. The molecule has 1 aliphatic carbocycles. The number of hydrogen-bond donors (Lipinski definition) is 0. The molecule has 0 amide bonds. The summed E-state index contributed by atoms with van der Waals surface area (Å²) in [6.45, 7) is 4.26. The number of aromatic nitrogens is 6. The van der Waals surface area contributed by atoms with Crippen molar-refractivity contribution < 1.29 is 17.9 Å². The number of aryl methyl sites for hydroxylation is 3. The van der Waals surface area contributed by atoms with Crippen LogP contribution >= 0.6 is 0 Å². The highest BCUT2D eigenvalue weighted by atomic mass is 19.4. The molecular weight excluding hydrogens is 421 g/mol.